The minimum Gasteiger partial charge on any atom is -0.376 e. The fourth-order valence-corrected chi connectivity index (χ4v) is 3.62. The second kappa shape index (κ2) is 8.16. The molecule has 3 heterocycles. The second-order valence-corrected chi connectivity index (χ2v) is 7.60. The molecule has 1 fully saturated rings. The van der Waals surface area contributed by atoms with Gasteiger partial charge in [0.25, 0.3) is 5.56 Å². The van der Waals surface area contributed by atoms with Gasteiger partial charge in [-0.1, -0.05) is 32.0 Å². The number of rotatable bonds is 6. The van der Waals surface area contributed by atoms with Gasteiger partial charge in [-0.25, -0.2) is 9.36 Å². The zero-order valence-corrected chi connectivity index (χ0v) is 16.7. The Bertz CT molecular complexity index is 1070. The van der Waals surface area contributed by atoms with Gasteiger partial charge < -0.3 is 10.1 Å². The standard InChI is InChI=1S/C21H25N5O3/c1-14(2)19-17-12-23-26(15-7-4-3-5-8-15)20(17)21(28)25(24-19)13-18(27)22-11-16-9-6-10-29-16/h3-5,7-8,12,14,16H,6,9-11,13H2,1-2H3,(H,22,27). The van der Waals surface area contributed by atoms with Crippen LogP contribution in [0.5, 0.6) is 0 Å². The van der Waals surface area contributed by atoms with Gasteiger partial charge in [0.15, 0.2) is 0 Å². The summed E-state index contributed by atoms with van der Waals surface area (Å²) in [4.78, 5) is 25.6. The van der Waals surface area contributed by atoms with Crippen molar-refractivity contribution < 1.29 is 9.53 Å². The molecule has 0 saturated carbocycles. The Morgan fingerprint density at radius 2 is 2.10 bits per heavy atom. The molecule has 0 spiro atoms. The van der Waals surface area contributed by atoms with E-state index < -0.39 is 0 Å². The van der Waals surface area contributed by atoms with Crippen molar-refractivity contribution in [2.45, 2.75) is 45.3 Å². The number of amides is 1. The largest absolute Gasteiger partial charge is 0.376 e. The van der Waals surface area contributed by atoms with Gasteiger partial charge in [0.05, 0.1) is 23.7 Å². The molecule has 3 aromatic rings. The zero-order chi connectivity index (χ0) is 20.4. The molecule has 1 amide bonds. The molecule has 29 heavy (non-hydrogen) atoms. The molecule has 0 bridgehead atoms. The molecule has 0 aliphatic carbocycles. The van der Waals surface area contributed by atoms with Crippen LogP contribution in [0.1, 0.15) is 38.3 Å². The first kappa shape index (κ1) is 19.3. The van der Waals surface area contributed by atoms with E-state index in [1.165, 1.54) is 4.68 Å². The topological polar surface area (TPSA) is 91.0 Å². The van der Waals surface area contributed by atoms with E-state index >= 15 is 0 Å². The van der Waals surface area contributed by atoms with E-state index in [2.05, 4.69) is 15.5 Å². The molecular formula is C21H25N5O3. The lowest BCUT2D eigenvalue weighted by Gasteiger charge is -2.13. The average Bonchev–Trinajstić information content (AvgIpc) is 3.39. The highest BCUT2D eigenvalue weighted by Gasteiger charge is 2.21. The maximum absolute atomic E-state index is 13.2. The van der Waals surface area contributed by atoms with E-state index in [0.717, 1.165) is 30.8 Å². The smallest absolute Gasteiger partial charge is 0.293 e. The molecule has 4 rings (SSSR count). The Morgan fingerprint density at radius 3 is 2.79 bits per heavy atom. The number of carbonyl (C=O) groups excluding carboxylic acids is 1. The van der Waals surface area contributed by atoms with E-state index in [9.17, 15) is 9.59 Å². The zero-order valence-electron chi connectivity index (χ0n) is 16.7. The summed E-state index contributed by atoms with van der Waals surface area (Å²) >= 11 is 0. The van der Waals surface area contributed by atoms with Gasteiger partial charge >= 0.3 is 0 Å². The number of carbonyl (C=O) groups is 1. The Balaban J connectivity index is 1.69. The Labute approximate surface area is 168 Å². The first-order chi connectivity index (χ1) is 14.0. The lowest BCUT2D eigenvalue weighted by molar-refractivity contribution is -0.122. The normalized spacial score (nSPS) is 16.6. The van der Waals surface area contributed by atoms with E-state index in [-0.39, 0.29) is 30.0 Å². The Kier molecular flexibility index (Phi) is 5.44. The van der Waals surface area contributed by atoms with Crippen LogP contribution in [0.2, 0.25) is 0 Å². The third-order valence-corrected chi connectivity index (χ3v) is 5.10. The average molecular weight is 395 g/mol. The number of aromatic nitrogens is 4. The van der Waals surface area contributed by atoms with E-state index in [1.807, 2.05) is 44.2 Å². The maximum atomic E-state index is 13.2. The predicted molar refractivity (Wildman–Crippen MR) is 109 cm³/mol. The second-order valence-electron chi connectivity index (χ2n) is 7.60. The van der Waals surface area contributed by atoms with Crippen LogP contribution in [0.3, 0.4) is 0 Å². The number of nitrogens with one attached hydrogen (secondary N) is 1. The number of para-hydroxylation sites is 1. The highest BCUT2D eigenvalue weighted by molar-refractivity contribution is 5.82. The SMILES string of the molecule is CC(C)c1nn(CC(=O)NCC2CCCO2)c(=O)c2c1cnn2-c1ccccc1. The van der Waals surface area contributed by atoms with Gasteiger partial charge in [0, 0.05) is 18.5 Å². The van der Waals surface area contributed by atoms with Crippen LogP contribution in [0, 0.1) is 0 Å². The molecule has 1 aliphatic rings. The number of ether oxygens (including phenoxy) is 1. The molecule has 1 atom stereocenters. The molecule has 1 unspecified atom stereocenters. The van der Waals surface area contributed by atoms with Crippen LogP contribution in [-0.2, 0) is 16.1 Å². The number of benzene rings is 1. The first-order valence-electron chi connectivity index (χ1n) is 9.97. The summed E-state index contributed by atoms with van der Waals surface area (Å²) < 4.78 is 8.39. The molecule has 1 aromatic carbocycles. The van der Waals surface area contributed by atoms with Crippen molar-refractivity contribution >= 4 is 16.8 Å². The van der Waals surface area contributed by atoms with Crippen LogP contribution in [0.15, 0.2) is 41.3 Å². The van der Waals surface area contributed by atoms with Crippen molar-refractivity contribution in [2.75, 3.05) is 13.2 Å². The monoisotopic (exact) mass is 395 g/mol. The van der Waals surface area contributed by atoms with Crippen LogP contribution in [0.25, 0.3) is 16.6 Å². The summed E-state index contributed by atoms with van der Waals surface area (Å²) in [7, 11) is 0. The summed E-state index contributed by atoms with van der Waals surface area (Å²) in [6, 6.07) is 9.47. The van der Waals surface area contributed by atoms with Crippen molar-refractivity contribution in [3.63, 3.8) is 0 Å². The number of hydrogen-bond donors (Lipinski definition) is 1. The fourth-order valence-electron chi connectivity index (χ4n) is 3.62. The third-order valence-electron chi connectivity index (χ3n) is 5.10. The third kappa shape index (κ3) is 3.93. The Hall–Kier alpha value is -3.00. The molecule has 1 aliphatic heterocycles. The highest BCUT2D eigenvalue weighted by Crippen LogP contribution is 2.22. The van der Waals surface area contributed by atoms with Crippen molar-refractivity contribution in [3.05, 3.63) is 52.6 Å². The quantitative estimate of drug-likeness (QED) is 0.689. The molecule has 2 aromatic heterocycles. The highest BCUT2D eigenvalue weighted by atomic mass is 16.5. The van der Waals surface area contributed by atoms with Crippen molar-refractivity contribution in [1.29, 1.82) is 0 Å². The molecule has 8 nitrogen and oxygen atoms in total. The summed E-state index contributed by atoms with van der Waals surface area (Å²) in [5, 5.41) is 12.5. The van der Waals surface area contributed by atoms with Crippen molar-refractivity contribution in [3.8, 4) is 5.69 Å². The summed E-state index contributed by atoms with van der Waals surface area (Å²) in [5.41, 5.74) is 1.63. The Morgan fingerprint density at radius 1 is 1.31 bits per heavy atom. The molecule has 8 heteroatoms. The molecule has 0 radical (unpaired) electrons. The minimum absolute atomic E-state index is 0.0526. The number of fused-ring (bicyclic) bond motifs is 1. The minimum atomic E-state index is -0.335. The first-order valence-corrected chi connectivity index (χ1v) is 9.97. The van der Waals surface area contributed by atoms with Crippen molar-refractivity contribution in [2.24, 2.45) is 0 Å². The molecular weight excluding hydrogens is 370 g/mol. The number of hydrogen-bond acceptors (Lipinski definition) is 5. The van der Waals surface area contributed by atoms with Crippen LogP contribution < -0.4 is 10.9 Å². The summed E-state index contributed by atoms with van der Waals surface area (Å²) in [5.74, 6) is -0.178. The van der Waals surface area contributed by atoms with Crippen LogP contribution in [-0.4, -0.2) is 44.7 Å². The van der Waals surface area contributed by atoms with E-state index in [0.29, 0.717) is 17.4 Å². The van der Waals surface area contributed by atoms with Crippen LogP contribution >= 0.6 is 0 Å². The lowest BCUT2D eigenvalue weighted by Crippen LogP contribution is -2.38. The predicted octanol–water partition coefficient (Wildman–Crippen LogP) is 2.00. The number of nitrogens with zero attached hydrogens (tertiary/aromatic N) is 4. The summed E-state index contributed by atoms with van der Waals surface area (Å²) in [6.07, 6.45) is 3.68. The maximum Gasteiger partial charge on any atom is 0.293 e. The molecule has 1 N–H and O–H groups in total. The van der Waals surface area contributed by atoms with E-state index in [1.54, 1.807) is 10.9 Å². The van der Waals surface area contributed by atoms with Gasteiger partial charge in [-0.05, 0) is 30.9 Å². The van der Waals surface area contributed by atoms with Gasteiger partial charge in [0.2, 0.25) is 5.91 Å². The van der Waals surface area contributed by atoms with Gasteiger partial charge in [-0.2, -0.15) is 10.2 Å². The van der Waals surface area contributed by atoms with E-state index in [4.69, 9.17) is 4.74 Å². The van der Waals surface area contributed by atoms with Gasteiger partial charge in [-0.15, -0.1) is 0 Å². The fraction of sp³-hybridized carbons (Fsp3) is 0.429. The summed E-state index contributed by atoms with van der Waals surface area (Å²) in [6.45, 7) is 5.07. The molecule has 152 valence electrons. The van der Waals surface area contributed by atoms with Gasteiger partial charge in [-0.3, -0.25) is 9.59 Å². The van der Waals surface area contributed by atoms with Crippen LogP contribution in [0.4, 0.5) is 0 Å². The van der Waals surface area contributed by atoms with Gasteiger partial charge in [0.1, 0.15) is 12.1 Å². The van der Waals surface area contributed by atoms with Crippen molar-refractivity contribution in [1.82, 2.24) is 24.9 Å². The lowest BCUT2D eigenvalue weighted by atomic mass is 10.1. The molecule has 1 saturated heterocycles.